The number of halogens is 1. The van der Waals surface area contributed by atoms with Crippen LogP contribution >= 0.6 is 0 Å². The first-order chi connectivity index (χ1) is 13.4. The molecule has 1 aromatic heterocycles. The molecule has 1 fully saturated rings. The highest BCUT2D eigenvalue weighted by molar-refractivity contribution is 6.06. The molecular weight excluding hydrogens is 359 g/mol. The molecule has 7 N–H and O–H groups in total. The quantitative estimate of drug-likeness (QED) is 0.325. The van der Waals surface area contributed by atoms with Crippen LogP contribution in [0.5, 0.6) is 0 Å². The number of ketones is 1. The maximum Gasteiger partial charge on any atom is 0.176 e. The number of benzene rings is 1. The van der Waals surface area contributed by atoms with E-state index in [-0.39, 0.29) is 11.6 Å². The Kier molecular flexibility index (Phi) is 6.33. The van der Waals surface area contributed by atoms with E-state index in [1.54, 1.807) is 17.3 Å². The number of Topliss-reactive ketones (excluding diaryl/α,β-unsaturated/α-hetero) is 1. The van der Waals surface area contributed by atoms with Gasteiger partial charge in [-0.15, -0.1) is 0 Å². The summed E-state index contributed by atoms with van der Waals surface area (Å²) in [6.07, 6.45) is 3.74. The number of nitrogens with zero attached hydrogens (tertiary/aromatic N) is 2. The first-order valence-electron chi connectivity index (χ1n) is 9.62. The summed E-state index contributed by atoms with van der Waals surface area (Å²) in [6.45, 7) is 5.76. The molecule has 2 heterocycles. The lowest BCUT2D eigenvalue weighted by molar-refractivity contribution is 0.101. The predicted molar refractivity (Wildman–Crippen MR) is 110 cm³/mol. The highest BCUT2D eigenvalue weighted by atomic mass is 19.1. The van der Waals surface area contributed by atoms with Crippen LogP contribution in [0, 0.1) is 11.7 Å². The zero-order valence-electron chi connectivity index (χ0n) is 16.2. The third-order valence-electron chi connectivity index (χ3n) is 5.33. The monoisotopic (exact) mass is 388 g/mol. The van der Waals surface area contributed by atoms with Crippen LogP contribution in [0.2, 0.25) is 0 Å². The largest absolute Gasteiger partial charge is 0.397 e. The summed E-state index contributed by atoms with van der Waals surface area (Å²) in [6, 6.07) is 4.32. The second-order valence-corrected chi connectivity index (χ2v) is 7.48. The van der Waals surface area contributed by atoms with Gasteiger partial charge in [-0.25, -0.2) is 10.2 Å². The third-order valence-corrected chi connectivity index (χ3v) is 5.33. The molecule has 0 aliphatic carbocycles. The molecule has 0 unspecified atom stereocenters. The molecular formula is C20H29FN6O. The van der Waals surface area contributed by atoms with Crippen LogP contribution in [0.15, 0.2) is 24.4 Å². The Morgan fingerprint density at radius 1 is 1.39 bits per heavy atom. The standard InChI is InChI=1S/C20H29FN6O/c1-13(28)20-19(16-10-15(21)2-3-18(16)25-20)17(23)12-27(24)11-14-4-7-26(8-5-14)9-6-22/h2-3,10,12,14,25H,4-9,11,22-24H2,1H3/b17-12-. The maximum atomic E-state index is 13.7. The smallest absolute Gasteiger partial charge is 0.176 e. The second kappa shape index (κ2) is 8.72. The number of piperidine rings is 1. The van der Waals surface area contributed by atoms with Gasteiger partial charge in [0.1, 0.15) is 5.82 Å². The first kappa shape index (κ1) is 20.3. The zero-order valence-corrected chi connectivity index (χ0v) is 16.2. The molecule has 1 saturated heterocycles. The first-order valence-corrected chi connectivity index (χ1v) is 9.62. The van der Waals surface area contributed by atoms with E-state index >= 15 is 0 Å². The number of likely N-dealkylation sites (tertiary alicyclic amines) is 1. The summed E-state index contributed by atoms with van der Waals surface area (Å²) < 4.78 is 13.7. The van der Waals surface area contributed by atoms with Crippen molar-refractivity contribution < 1.29 is 9.18 Å². The number of fused-ring (bicyclic) bond motifs is 1. The van der Waals surface area contributed by atoms with Crippen molar-refractivity contribution in [1.82, 2.24) is 14.9 Å². The second-order valence-electron chi connectivity index (χ2n) is 7.48. The molecule has 3 rings (SSSR count). The van der Waals surface area contributed by atoms with Gasteiger partial charge in [0.2, 0.25) is 0 Å². The van der Waals surface area contributed by atoms with Gasteiger partial charge in [0.05, 0.1) is 11.4 Å². The van der Waals surface area contributed by atoms with Crippen molar-refractivity contribution in [3.8, 4) is 0 Å². The molecule has 0 bridgehead atoms. The fourth-order valence-electron chi connectivity index (χ4n) is 3.90. The molecule has 152 valence electrons. The Morgan fingerprint density at radius 3 is 2.75 bits per heavy atom. The number of rotatable bonds is 7. The van der Waals surface area contributed by atoms with Gasteiger partial charge in [0.15, 0.2) is 5.78 Å². The summed E-state index contributed by atoms with van der Waals surface area (Å²) in [7, 11) is 0. The molecule has 7 nitrogen and oxygen atoms in total. The molecule has 0 radical (unpaired) electrons. The fraction of sp³-hybridized carbons (Fsp3) is 0.450. The molecule has 0 amide bonds. The van der Waals surface area contributed by atoms with Crippen LogP contribution in [0.4, 0.5) is 4.39 Å². The SMILES string of the molecule is CC(=O)c1[nH]c2ccc(F)cc2c1/C(N)=C/N(N)CC1CCN(CCN)CC1. The van der Waals surface area contributed by atoms with Crippen LogP contribution in [-0.4, -0.2) is 53.4 Å². The Bertz CT molecular complexity index is 869. The lowest BCUT2D eigenvalue weighted by Crippen LogP contribution is -2.41. The van der Waals surface area contributed by atoms with Gasteiger partial charge in [-0.05, 0) is 50.0 Å². The lowest BCUT2D eigenvalue weighted by Gasteiger charge is -2.33. The lowest BCUT2D eigenvalue weighted by atomic mass is 9.96. The van der Waals surface area contributed by atoms with E-state index < -0.39 is 0 Å². The van der Waals surface area contributed by atoms with Gasteiger partial charge < -0.3 is 26.4 Å². The van der Waals surface area contributed by atoms with Gasteiger partial charge >= 0.3 is 0 Å². The number of hydrogen-bond acceptors (Lipinski definition) is 6. The van der Waals surface area contributed by atoms with E-state index in [4.69, 9.17) is 17.3 Å². The molecule has 1 aliphatic heterocycles. The zero-order chi connectivity index (χ0) is 20.3. The fourth-order valence-corrected chi connectivity index (χ4v) is 3.90. The topological polar surface area (TPSA) is 117 Å². The molecule has 0 saturated carbocycles. The van der Waals surface area contributed by atoms with Crippen LogP contribution in [-0.2, 0) is 0 Å². The number of nitrogens with one attached hydrogen (secondary N) is 1. The number of H-pyrrole nitrogens is 1. The Hall–Kier alpha value is -2.42. The molecule has 2 aromatic rings. The van der Waals surface area contributed by atoms with Gasteiger partial charge in [0, 0.05) is 49.2 Å². The minimum absolute atomic E-state index is 0.168. The van der Waals surface area contributed by atoms with Gasteiger partial charge in [-0.1, -0.05) is 0 Å². The number of hydrazine groups is 1. The van der Waals surface area contributed by atoms with E-state index in [0.717, 1.165) is 32.5 Å². The van der Waals surface area contributed by atoms with Crippen molar-refractivity contribution in [2.45, 2.75) is 19.8 Å². The molecule has 28 heavy (non-hydrogen) atoms. The molecule has 1 aromatic carbocycles. The van der Waals surface area contributed by atoms with Crippen LogP contribution < -0.4 is 17.3 Å². The van der Waals surface area contributed by atoms with Gasteiger partial charge in [0.25, 0.3) is 0 Å². The molecule has 1 aliphatic rings. The van der Waals surface area contributed by atoms with Crippen molar-refractivity contribution in [3.63, 3.8) is 0 Å². The third kappa shape index (κ3) is 4.52. The minimum atomic E-state index is -0.385. The van der Waals surface area contributed by atoms with Crippen molar-refractivity contribution in [1.29, 1.82) is 0 Å². The average Bonchev–Trinajstić information content (AvgIpc) is 3.02. The molecule has 0 atom stereocenters. The van der Waals surface area contributed by atoms with Crippen molar-refractivity contribution >= 4 is 22.4 Å². The Morgan fingerprint density at radius 2 is 2.11 bits per heavy atom. The number of aromatic nitrogens is 1. The predicted octanol–water partition coefficient (Wildman–Crippen LogP) is 1.61. The summed E-state index contributed by atoms with van der Waals surface area (Å²) in [4.78, 5) is 17.4. The van der Waals surface area contributed by atoms with Crippen molar-refractivity contribution in [3.05, 3.63) is 41.5 Å². The van der Waals surface area contributed by atoms with Crippen LogP contribution in [0.1, 0.15) is 35.8 Å². The number of nitrogens with two attached hydrogens (primary N) is 3. The average molecular weight is 388 g/mol. The van der Waals surface area contributed by atoms with E-state index in [1.165, 1.54) is 19.1 Å². The van der Waals surface area contributed by atoms with E-state index in [0.29, 0.717) is 46.9 Å². The summed E-state index contributed by atoms with van der Waals surface area (Å²) in [5.74, 6) is 6.09. The summed E-state index contributed by atoms with van der Waals surface area (Å²) >= 11 is 0. The molecule has 8 heteroatoms. The highest BCUT2D eigenvalue weighted by Gasteiger charge is 2.21. The maximum absolute atomic E-state index is 13.7. The van der Waals surface area contributed by atoms with E-state index in [2.05, 4.69) is 9.88 Å². The Labute approximate surface area is 164 Å². The van der Waals surface area contributed by atoms with E-state index in [9.17, 15) is 9.18 Å². The number of carbonyl (C=O) groups is 1. The molecule has 0 spiro atoms. The van der Waals surface area contributed by atoms with Crippen molar-refractivity contribution in [2.24, 2.45) is 23.2 Å². The number of aromatic amines is 1. The summed E-state index contributed by atoms with van der Waals surface area (Å²) in [5.41, 5.74) is 13.8. The van der Waals surface area contributed by atoms with E-state index in [1.807, 2.05) is 0 Å². The van der Waals surface area contributed by atoms with Gasteiger partial charge in [-0.3, -0.25) is 4.79 Å². The van der Waals surface area contributed by atoms with Crippen LogP contribution in [0.3, 0.4) is 0 Å². The number of carbonyl (C=O) groups excluding carboxylic acids is 1. The summed E-state index contributed by atoms with van der Waals surface area (Å²) in [5, 5.41) is 2.14. The highest BCUT2D eigenvalue weighted by Crippen LogP contribution is 2.28. The normalized spacial score (nSPS) is 16.6. The van der Waals surface area contributed by atoms with Crippen molar-refractivity contribution in [2.75, 3.05) is 32.7 Å². The minimum Gasteiger partial charge on any atom is -0.397 e. The van der Waals surface area contributed by atoms with Gasteiger partial charge in [-0.2, -0.15) is 0 Å². The number of hydrogen-bond donors (Lipinski definition) is 4. The Balaban J connectivity index is 1.77. The van der Waals surface area contributed by atoms with Crippen LogP contribution in [0.25, 0.3) is 16.6 Å².